The summed E-state index contributed by atoms with van der Waals surface area (Å²) in [6, 6.07) is 12.7. The number of amides is 1. The van der Waals surface area contributed by atoms with Gasteiger partial charge < -0.3 is 14.8 Å². The minimum absolute atomic E-state index is 0.0626. The highest BCUT2D eigenvalue weighted by molar-refractivity contribution is 7.13. The number of halogens is 2. The normalized spacial score (nSPS) is 11.1. The number of hydrogen-bond donors (Lipinski definition) is 1. The molecule has 1 aromatic heterocycles. The van der Waals surface area contributed by atoms with Crippen molar-refractivity contribution in [1.29, 1.82) is 0 Å². The van der Waals surface area contributed by atoms with Gasteiger partial charge in [-0.1, -0.05) is 35.9 Å². The molecule has 0 aliphatic carbocycles. The first-order chi connectivity index (χ1) is 14.9. The number of aromatic nitrogens is 1. The molecule has 0 bridgehead atoms. The summed E-state index contributed by atoms with van der Waals surface area (Å²) in [5.41, 5.74) is 3.82. The summed E-state index contributed by atoms with van der Waals surface area (Å²) in [6.07, 6.45) is 3.57. The van der Waals surface area contributed by atoms with Crippen LogP contribution in [0.2, 0.25) is 0 Å². The first-order valence-corrected chi connectivity index (χ1v) is 10.4. The van der Waals surface area contributed by atoms with Crippen LogP contribution in [0.25, 0.3) is 16.6 Å². The number of hydrogen-bond acceptors (Lipinski definition) is 5. The van der Waals surface area contributed by atoms with Crippen LogP contribution in [0.5, 0.6) is 11.5 Å². The predicted octanol–water partition coefficient (Wildman–Crippen LogP) is 5.10. The molecule has 0 spiro atoms. The third-order valence-electron chi connectivity index (χ3n) is 4.36. The molecule has 0 saturated carbocycles. The number of carbonyl (C=O) groups excluding carboxylic acids is 1. The highest BCUT2D eigenvalue weighted by atomic mass is 32.1. The van der Waals surface area contributed by atoms with Crippen LogP contribution in [-0.2, 0) is 11.2 Å². The van der Waals surface area contributed by atoms with Crippen molar-refractivity contribution in [2.45, 2.75) is 20.0 Å². The molecule has 2 aromatic carbocycles. The second-order valence-corrected chi connectivity index (χ2v) is 7.53. The molecule has 3 rings (SSSR count). The molecule has 1 heterocycles. The average molecular weight is 445 g/mol. The molecule has 0 aliphatic heterocycles. The monoisotopic (exact) mass is 444 g/mol. The number of methoxy groups -OCH3 is 1. The van der Waals surface area contributed by atoms with Gasteiger partial charge in [-0.15, -0.1) is 11.3 Å². The van der Waals surface area contributed by atoms with Crippen LogP contribution in [0.3, 0.4) is 0 Å². The molecule has 0 saturated heterocycles. The van der Waals surface area contributed by atoms with Gasteiger partial charge in [-0.3, -0.25) is 4.79 Å². The maximum atomic E-state index is 12.4. The number of alkyl halides is 2. The highest BCUT2D eigenvalue weighted by Gasteiger charge is 2.10. The number of nitrogens with one attached hydrogen (secondary N) is 1. The van der Waals surface area contributed by atoms with E-state index in [2.05, 4.69) is 27.2 Å². The van der Waals surface area contributed by atoms with E-state index in [1.165, 1.54) is 30.9 Å². The minimum Gasteiger partial charge on any atom is -0.493 e. The van der Waals surface area contributed by atoms with Gasteiger partial charge in [0.1, 0.15) is 5.01 Å². The number of thiazole rings is 1. The third kappa shape index (κ3) is 6.62. The van der Waals surface area contributed by atoms with Gasteiger partial charge in [-0.05, 0) is 30.7 Å². The Morgan fingerprint density at radius 3 is 2.68 bits per heavy atom. The van der Waals surface area contributed by atoms with Crippen molar-refractivity contribution in [1.82, 2.24) is 10.3 Å². The van der Waals surface area contributed by atoms with Crippen LogP contribution in [-0.4, -0.2) is 31.2 Å². The smallest absolute Gasteiger partial charge is 0.387 e. The van der Waals surface area contributed by atoms with Gasteiger partial charge >= 0.3 is 6.61 Å². The van der Waals surface area contributed by atoms with Crippen LogP contribution in [0, 0.1) is 6.92 Å². The van der Waals surface area contributed by atoms with Crippen LogP contribution in [0.1, 0.15) is 16.8 Å². The van der Waals surface area contributed by atoms with Crippen molar-refractivity contribution in [3.8, 4) is 22.1 Å². The number of rotatable bonds is 9. The van der Waals surface area contributed by atoms with Crippen molar-refractivity contribution in [3.05, 3.63) is 70.7 Å². The van der Waals surface area contributed by atoms with E-state index in [0.29, 0.717) is 18.5 Å². The molecule has 31 heavy (non-hydrogen) atoms. The van der Waals surface area contributed by atoms with E-state index in [1.54, 1.807) is 23.5 Å². The molecule has 1 N–H and O–H groups in total. The number of ether oxygens (including phenoxy) is 2. The van der Waals surface area contributed by atoms with Gasteiger partial charge in [0.2, 0.25) is 5.91 Å². The fourth-order valence-electron chi connectivity index (χ4n) is 2.78. The molecule has 0 fully saturated rings. The lowest BCUT2D eigenvalue weighted by Crippen LogP contribution is -2.23. The van der Waals surface area contributed by atoms with E-state index in [9.17, 15) is 13.6 Å². The van der Waals surface area contributed by atoms with E-state index >= 15 is 0 Å². The van der Waals surface area contributed by atoms with Crippen LogP contribution < -0.4 is 14.8 Å². The Bertz CT molecular complexity index is 1050. The van der Waals surface area contributed by atoms with E-state index in [0.717, 1.165) is 16.3 Å². The molecule has 5 nitrogen and oxygen atoms in total. The lowest BCUT2D eigenvalue weighted by molar-refractivity contribution is -0.116. The first kappa shape index (κ1) is 22.4. The van der Waals surface area contributed by atoms with Gasteiger partial charge in [0, 0.05) is 30.0 Å². The molecule has 162 valence electrons. The van der Waals surface area contributed by atoms with Crippen LogP contribution in [0.4, 0.5) is 8.78 Å². The minimum atomic E-state index is -2.94. The Balaban J connectivity index is 1.50. The molecular weight excluding hydrogens is 422 g/mol. The molecule has 0 unspecified atom stereocenters. The Morgan fingerprint density at radius 2 is 1.97 bits per heavy atom. The van der Waals surface area contributed by atoms with Gasteiger partial charge in [0.15, 0.2) is 11.5 Å². The van der Waals surface area contributed by atoms with Crippen molar-refractivity contribution in [2.24, 2.45) is 0 Å². The largest absolute Gasteiger partial charge is 0.493 e. The summed E-state index contributed by atoms with van der Waals surface area (Å²) < 4.78 is 34.2. The van der Waals surface area contributed by atoms with Crippen molar-refractivity contribution >= 4 is 23.3 Å². The fraction of sp³-hybridized carbons (Fsp3) is 0.217. The predicted molar refractivity (Wildman–Crippen MR) is 118 cm³/mol. The molecule has 0 atom stereocenters. The summed E-state index contributed by atoms with van der Waals surface area (Å²) in [4.78, 5) is 16.7. The molecule has 0 aliphatic rings. The lowest BCUT2D eigenvalue weighted by atomic mass is 10.2. The summed E-state index contributed by atoms with van der Waals surface area (Å²) in [6.45, 7) is -0.446. The van der Waals surface area contributed by atoms with Gasteiger partial charge in [0.25, 0.3) is 0 Å². The van der Waals surface area contributed by atoms with Crippen LogP contribution in [0.15, 0.2) is 53.9 Å². The third-order valence-corrected chi connectivity index (χ3v) is 5.30. The average Bonchev–Trinajstić information content (AvgIpc) is 3.22. The standard InChI is InChI=1S/C23H22F2N2O3S/c1-15-3-7-17(8-4-15)22-27-18(14-31-22)11-12-26-21(28)10-6-16-5-9-19(30-23(24)25)20(13-16)29-2/h3-10,13-14,23H,11-12H2,1-2H3,(H,26,28)/b10-6+. The van der Waals surface area contributed by atoms with E-state index < -0.39 is 6.61 Å². The van der Waals surface area contributed by atoms with Crippen molar-refractivity contribution < 1.29 is 23.0 Å². The number of carbonyl (C=O) groups is 1. The van der Waals surface area contributed by atoms with E-state index in [4.69, 9.17) is 4.74 Å². The van der Waals surface area contributed by atoms with Gasteiger partial charge in [-0.2, -0.15) is 8.78 Å². The molecule has 8 heteroatoms. The first-order valence-electron chi connectivity index (χ1n) is 9.55. The number of nitrogens with zero attached hydrogens (tertiary/aromatic N) is 1. The van der Waals surface area contributed by atoms with Crippen molar-refractivity contribution in [3.63, 3.8) is 0 Å². The second-order valence-electron chi connectivity index (χ2n) is 6.67. The summed E-state index contributed by atoms with van der Waals surface area (Å²) in [5.74, 6) is -0.163. The summed E-state index contributed by atoms with van der Waals surface area (Å²) in [5, 5.41) is 5.75. The summed E-state index contributed by atoms with van der Waals surface area (Å²) in [7, 11) is 1.36. The zero-order valence-corrected chi connectivity index (χ0v) is 17.9. The quantitative estimate of drug-likeness (QED) is 0.467. The highest BCUT2D eigenvalue weighted by Crippen LogP contribution is 2.30. The Kier molecular flexibility index (Phi) is 7.72. The van der Waals surface area contributed by atoms with E-state index in [-0.39, 0.29) is 17.4 Å². The van der Waals surface area contributed by atoms with Crippen LogP contribution >= 0.6 is 11.3 Å². The zero-order chi connectivity index (χ0) is 22.2. The second kappa shape index (κ2) is 10.7. The Morgan fingerprint density at radius 1 is 1.19 bits per heavy atom. The fourth-order valence-corrected chi connectivity index (χ4v) is 3.64. The molecule has 3 aromatic rings. The van der Waals surface area contributed by atoms with E-state index in [1.807, 2.05) is 24.4 Å². The van der Waals surface area contributed by atoms with Gasteiger partial charge in [-0.25, -0.2) is 4.98 Å². The lowest BCUT2D eigenvalue weighted by Gasteiger charge is -2.10. The Labute approximate surface area is 183 Å². The van der Waals surface area contributed by atoms with Crippen molar-refractivity contribution in [2.75, 3.05) is 13.7 Å². The Hall–Kier alpha value is -3.26. The summed E-state index contributed by atoms with van der Waals surface area (Å²) >= 11 is 1.58. The molecule has 0 radical (unpaired) electrons. The zero-order valence-electron chi connectivity index (χ0n) is 17.1. The SMILES string of the molecule is COc1cc(/C=C/C(=O)NCCc2csc(-c3ccc(C)cc3)n2)ccc1OC(F)F. The maximum Gasteiger partial charge on any atom is 0.387 e. The van der Waals surface area contributed by atoms with Gasteiger partial charge in [0.05, 0.1) is 12.8 Å². The molecular formula is C23H22F2N2O3S. The topological polar surface area (TPSA) is 60.5 Å². The number of aryl methyl sites for hydroxylation is 1. The molecule has 1 amide bonds. The maximum absolute atomic E-state index is 12.4. The number of benzene rings is 2.